The first-order valence-corrected chi connectivity index (χ1v) is 8.35. The molecule has 1 aromatic carbocycles. The highest BCUT2D eigenvalue weighted by atomic mass is 79.9. The summed E-state index contributed by atoms with van der Waals surface area (Å²) in [6.45, 7) is 1.63. The highest BCUT2D eigenvalue weighted by Gasteiger charge is 2.37. The van der Waals surface area contributed by atoms with Gasteiger partial charge < -0.3 is 10.1 Å². The van der Waals surface area contributed by atoms with Crippen LogP contribution in [-0.4, -0.2) is 29.7 Å². The van der Waals surface area contributed by atoms with Crippen molar-refractivity contribution in [3.05, 3.63) is 27.7 Å². The fourth-order valence-corrected chi connectivity index (χ4v) is 3.99. The van der Waals surface area contributed by atoms with E-state index in [2.05, 4.69) is 21.2 Å². The van der Waals surface area contributed by atoms with Crippen molar-refractivity contribution in [1.82, 2.24) is 0 Å². The maximum Gasteiger partial charge on any atom is 0.161 e. The van der Waals surface area contributed by atoms with E-state index in [9.17, 15) is 0 Å². The quantitative estimate of drug-likeness (QED) is 0.815. The van der Waals surface area contributed by atoms with E-state index in [-0.39, 0.29) is 5.54 Å². The zero-order valence-corrected chi connectivity index (χ0v) is 13.4. The number of hydrogen-bond acceptors (Lipinski definition) is 4. The number of halogens is 2. The maximum atomic E-state index is 6.18. The van der Waals surface area contributed by atoms with Crippen LogP contribution in [0, 0.1) is 0 Å². The molecular formula is C13H14BrClN2OS. The molecule has 0 aromatic heterocycles. The van der Waals surface area contributed by atoms with Gasteiger partial charge in [-0.3, -0.25) is 4.99 Å². The molecule has 6 heteroatoms. The van der Waals surface area contributed by atoms with E-state index in [1.54, 1.807) is 11.8 Å². The van der Waals surface area contributed by atoms with E-state index < -0.39 is 0 Å². The van der Waals surface area contributed by atoms with Crippen LogP contribution in [0.3, 0.4) is 0 Å². The molecule has 0 aliphatic carbocycles. The smallest absolute Gasteiger partial charge is 0.161 e. The van der Waals surface area contributed by atoms with Crippen molar-refractivity contribution in [2.75, 3.05) is 24.3 Å². The third-order valence-corrected chi connectivity index (χ3v) is 5.38. The van der Waals surface area contributed by atoms with Gasteiger partial charge >= 0.3 is 0 Å². The number of rotatable bonds is 1. The molecule has 1 fully saturated rings. The van der Waals surface area contributed by atoms with Gasteiger partial charge in [0.2, 0.25) is 0 Å². The van der Waals surface area contributed by atoms with Crippen LogP contribution in [0.4, 0.5) is 5.69 Å². The molecule has 1 N–H and O–H groups in total. The molecule has 3 rings (SSSR count). The monoisotopic (exact) mass is 360 g/mol. The van der Waals surface area contributed by atoms with Gasteiger partial charge in [0.1, 0.15) is 0 Å². The molecule has 0 amide bonds. The van der Waals surface area contributed by atoms with Crippen LogP contribution in [0.2, 0.25) is 5.02 Å². The number of ether oxygens (including phenoxy) is 1. The van der Waals surface area contributed by atoms with Crippen LogP contribution in [-0.2, 0) is 4.74 Å². The third-order valence-electron chi connectivity index (χ3n) is 3.41. The van der Waals surface area contributed by atoms with E-state index in [4.69, 9.17) is 21.3 Å². The molecule has 0 radical (unpaired) electrons. The van der Waals surface area contributed by atoms with E-state index >= 15 is 0 Å². The van der Waals surface area contributed by atoms with Crippen LogP contribution >= 0.6 is 39.3 Å². The molecule has 3 nitrogen and oxygen atoms in total. The normalized spacial score (nSPS) is 21.5. The standard InChI is InChI=1S/C13H14BrClN2OS/c14-9-1-2-10(15)11(7-9)16-12-17-13(8-19-12)3-5-18-6-4-13/h1-2,7H,3-6,8H2,(H,16,17). The Balaban J connectivity index is 1.77. The lowest BCUT2D eigenvalue weighted by atomic mass is 9.93. The number of anilines is 1. The lowest BCUT2D eigenvalue weighted by Crippen LogP contribution is -2.34. The number of thioether (sulfide) groups is 1. The number of nitrogens with zero attached hydrogens (tertiary/aromatic N) is 1. The first-order valence-electron chi connectivity index (χ1n) is 6.19. The highest BCUT2D eigenvalue weighted by molar-refractivity contribution is 9.10. The summed E-state index contributed by atoms with van der Waals surface area (Å²) in [7, 11) is 0. The summed E-state index contributed by atoms with van der Waals surface area (Å²) in [5.41, 5.74) is 0.968. The fraction of sp³-hybridized carbons (Fsp3) is 0.462. The fourth-order valence-electron chi connectivity index (χ4n) is 2.26. The van der Waals surface area contributed by atoms with Crippen molar-refractivity contribution in [3.63, 3.8) is 0 Å². The molecule has 1 spiro atoms. The Morgan fingerprint density at radius 3 is 2.95 bits per heavy atom. The molecule has 2 heterocycles. The van der Waals surface area contributed by atoms with Crippen LogP contribution in [0.1, 0.15) is 12.8 Å². The van der Waals surface area contributed by atoms with Crippen molar-refractivity contribution in [3.8, 4) is 0 Å². The van der Waals surface area contributed by atoms with Crippen LogP contribution in [0.25, 0.3) is 0 Å². The van der Waals surface area contributed by atoms with Gasteiger partial charge in [0.25, 0.3) is 0 Å². The summed E-state index contributed by atoms with van der Waals surface area (Å²) < 4.78 is 6.42. The number of nitrogens with one attached hydrogen (secondary N) is 1. The Bertz CT molecular complexity index is 517. The molecule has 2 aliphatic rings. The molecule has 0 atom stereocenters. The van der Waals surface area contributed by atoms with Gasteiger partial charge in [-0.15, -0.1) is 0 Å². The Morgan fingerprint density at radius 1 is 1.37 bits per heavy atom. The second-order valence-corrected chi connectivity index (χ2v) is 7.08. The Hall–Kier alpha value is -0.230. The number of hydrogen-bond donors (Lipinski definition) is 1. The Labute approximate surface area is 130 Å². The predicted octanol–water partition coefficient (Wildman–Crippen LogP) is 4.17. The second-order valence-electron chi connectivity index (χ2n) is 4.79. The van der Waals surface area contributed by atoms with Crippen LogP contribution in [0.5, 0.6) is 0 Å². The van der Waals surface area contributed by atoms with Gasteiger partial charge in [0.05, 0.1) is 16.2 Å². The molecule has 0 unspecified atom stereocenters. The third kappa shape index (κ3) is 3.10. The first-order chi connectivity index (χ1) is 9.17. The summed E-state index contributed by atoms with van der Waals surface area (Å²) in [5, 5.41) is 5.00. The largest absolute Gasteiger partial charge is 0.381 e. The molecule has 19 heavy (non-hydrogen) atoms. The summed E-state index contributed by atoms with van der Waals surface area (Å²) >= 11 is 11.4. The molecular weight excluding hydrogens is 348 g/mol. The number of amidine groups is 1. The van der Waals surface area contributed by atoms with E-state index in [0.29, 0.717) is 5.02 Å². The molecule has 0 bridgehead atoms. The van der Waals surface area contributed by atoms with Gasteiger partial charge in [-0.05, 0) is 31.0 Å². The minimum Gasteiger partial charge on any atom is -0.381 e. The summed E-state index contributed by atoms with van der Waals surface area (Å²) in [5.74, 6) is 1.03. The van der Waals surface area contributed by atoms with Crippen molar-refractivity contribution >= 4 is 50.1 Å². The van der Waals surface area contributed by atoms with E-state index in [0.717, 1.165) is 47.1 Å². The van der Waals surface area contributed by atoms with E-state index in [1.807, 2.05) is 18.2 Å². The summed E-state index contributed by atoms with van der Waals surface area (Å²) in [6.07, 6.45) is 2.02. The highest BCUT2D eigenvalue weighted by Crippen LogP contribution is 2.37. The van der Waals surface area contributed by atoms with Crippen molar-refractivity contribution in [2.24, 2.45) is 4.99 Å². The summed E-state index contributed by atoms with van der Waals surface area (Å²) in [4.78, 5) is 4.86. The van der Waals surface area contributed by atoms with Crippen molar-refractivity contribution in [2.45, 2.75) is 18.4 Å². The predicted molar refractivity (Wildman–Crippen MR) is 85.5 cm³/mol. The summed E-state index contributed by atoms with van der Waals surface area (Å²) in [6, 6.07) is 5.77. The average Bonchev–Trinajstić information content (AvgIpc) is 2.78. The zero-order chi connectivity index (χ0) is 13.3. The molecule has 1 saturated heterocycles. The number of aliphatic imine (C=N–C) groups is 1. The van der Waals surface area contributed by atoms with Crippen LogP contribution < -0.4 is 5.32 Å². The molecule has 0 saturated carbocycles. The number of benzene rings is 1. The molecule has 102 valence electrons. The first kappa shape index (κ1) is 13.7. The van der Waals surface area contributed by atoms with E-state index in [1.165, 1.54) is 0 Å². The minimum atomic E-state index is 0.0732. The van der Waals surface area contributed by atoms with Crippen LogP contribution in [0.15, 0.2) is 27.7 Å². The lowest BCUT2D eigenvalue weighted by molar-refractivity contribution is 0.0624. The SMILES string of the molecule is Clc1ccc(Br)cc1NC1=NC2(CCOCC2)CS1. The van der Waals surface area contributed by atoms with Gasteiger partial charge in [0.15, 0.2) is 5.17 Å². The molecule has 1 aromatic rings. The maximum absolute atomic E-state index is 6.18. The zero-order valence-electron chi connectivity index (χ0n) is 10.3. The van der Waals surface area contributed by atoms with Crippen molar-refractivity contribution < 1.29 is 4.74 Å². The van der Waals surface area contributed by atoms with Gasteiger partial charge in [-0.25, -0.2) is 0 Å². The Morgan fingerprint density at radius 2 is 2.16 bits per heavy atom. The van der Waals surface area contributed by atoms with Gasteiger partial charge in [0, 0.05) is 23.4 Å². The Kier molecular flexibility index (Phi) is 4.08. The van der Waals surface area contributed by atoms with Gasteiger partial charge in [-0.2, -0.15) is 0 Å². The lowest BCUT2D eigenvalue weighted by Gasteiger charge is -2.29. The second kappa shape index (κ2) is 5.64. The van der Waals surface area contributed by atoms with Gasteiger partial charge in [-0.1, -0.05) is 39.3 Å². The average molecular weight is 362 g/mol. The molecule has 2 aliphatic heterocycles. The topological polar surface area (TPSA) is 33.6 Å². The minimum absolute atomic E-state index is 0.0732. The van der Waals surface area contributed by atoms with Crippen molar-refractivity contribution in [1.29, 1.82) is 0 Å².